The second-order valence-corrected chi connectivity index (χ2v) is 10.7. The van der Waals surface area contributed by atoms with E-state index in [1.165, 1.54) is 6.07 Å². The smallest absolute Gasteiger partial charge is 0.146 e. The number of pyridine rings is 1. The van der Waals surface area contributed by atoms with E-state index in [1.54, 1.807) is 25.4 Å². The van der Waals surface area contributed by atoms with Gasteiger partial charge in [-0.1, -0.05) is 17.7 Å². The molecule has 200 valence electrons. The Hall–Kier alpha value is -2.44. The molecule has 1 saturated carbocycles. The standard InChI is InChI=1S/C28H37ClFN5O2/c1-19(16-36-2)34-21-4-6-22(7-5-21)35-27-14-23(24(29)15-32-27)20-3-8-25(30)26(13-20)33-18-28(17-31)9-11-37-12-10-28/h3,8,13-15,19,21-22,33-34H,4-7,9-12,16,18H2,1-2H3,(H,32,35)/t19-,21-,22-/m1/s1. The molecule has 1 aliphatic heterocycles. The maximum Gasteiger partial charge on any atom is 0.146 e. The molecule has 9 heteroatoms. The normalized spacial score (nSPS) is 22.1. The number of benzene rings is 1. The minimum absolute atomic E-state index is 0.337. The van der Waals surface area contributed by atoms with E-state index in [-0.39, 0.29) is 5.82 Å². The second-order valence-electron chi connectivity index (χ2n) is 10.3. The van der Waals surface area contributed by atoms with Crippen LogP contribution in [0, 0.1) is 22.6 Å². The van der Waals surface area contributed by atoms with Crippen molar-refractivity contribution in [1.82, 2.24) is 10.3 Å². The van der Waals surface area contributed by atoms with Gasteiger partial charge in [0.05, 0.1) is 28.8 Å². The van der Waals surface area contributed by atoms with Crippen molar-refractivity contribution >= 4 is 23.1 Å². The first kappa shape index (κ1) is 27.6. The number of hydrogen-bond acceptors (Lipinski definition) is 7. The molecule has 4 rings (SSSR count). The highest BCUT2D eigenvalue weighted by Gasteiger charge is 2.32. The molecule has 2 aromatic rings. The third kappa shape index (κ3) is 7.32. The molecule has 2 fully saturated rings. The highest BCUT2D eigenvalue weighted by Crippen LogP contribution is 2.34. The Morgan fingerprint density at radius 3 is 2.65 bits per heavy atom. The number of rotatable bonds is 10. The first-order valence-electron chi connectivity index (χ1n) is 13.1. The Bertz CT molecular complexity index is 1080. The predicted molar refractivity (Wildman–Crippen MR) is 145 cm³/mol. The van der Waals surface area contributed by atoms with E-state index >= 15 is 0 Å². The number of halogens is 2. The summed E-state index contributed by atoms with van der Waals surface area (Å²) in [4.78, 5) is 4.50. The molecule has 0 bridgehead atoms. The molecule has 1 saturated heterocycles. The minimum atomic E-state index is -0.553. The number of aromatic nitrogens is 1. The summed E-state index contributed by atoms with van der Waals surface area (Å²) in [6.07, 6.45) is 7.19. The number of nitrogens with one attached hydrogen (secondary N) is 3. The van der Waals surface area contributed by atoms with Gasteiger partial charge in [-0.2, -0.15) is 5.26 Å². The van der Waals surface area contributed by atoms with Gasteiger partial charge in [0.2, 0.25) is 0 Å². The van der Waals surface area contributed by atoms with Crippen LogP contribution in [0.5, 0.6) is 0 Å². The van der Waals surface area contributed by atoms with Gasteiger partial charge in [0.15, 0.2) is 0 Å². The summed E-state index contributed by atoms with van der Waals surface area (Å²) in [5, 5.41) is 20.6. The molecule has 2 aliphatic rings. The van der Waals surface area contributed by atoms with Gasteiger partial charge < -0.3 is 25.4 Å². The van der Waals surface area contributed by atoms with Crippen LogP contribution in [0.2, 0.25) is 5.02 Å². The third-order valence-electron chi connectivity index (χ3n) is 7.45. The Morgan fingerprint density at radius 2 is 1.95 bits per heavy atom. The van der Waals surface area contributed by atoms with Crippen LogP contribution in [0.1, 0.15) is 45.4 Å². The summed E-state index contributed by atoms with van der Waals surface area (Å²) in [6, 6.07) is 10.4. The van der Waals surface area contributed by atoms with Crippen LogP contribution >= 0.6 is 11.6 Å². The molecular formula is C28H37ClFN5O2. The van der Waals surface area contributed by atoms with E-state index in [0.29, 0.717) is 68.0 Å². The van der Waals surface area contributed by atoms with Crippen LogP contribution in [-0.2, 0) is 9.47 Å². The molecule has 1 aromatic carbocycles. The SMILES string of the molecule is COC[C@@H](C)N[C@H]1CC[C@H](Nc2cc(-c3ccc(F)c(NCC4(C#N)CCOCC4)c3)c(Cl)cn2)CC1. The summed E-state index contributed by atoms with van der Waals surface area (Å²) in [7, 11) is 1.73. The second kappa shape index (κ2) is 12.9. The van der Waals surface area contributed by atoms with E-state index < -0.39 is 5.41 Å². The topological polar surface area (TPSA) is 91.2 Å². The lowest BCUT2D eigenvalue weighted by Crippen LogP contribution is -2.42. The monoisotopic (exact) mass is 529 g/mol. The molecule has 0 unspecified atom stereocenters. The van der Waals surface area contributed by atoms with Gasteiger partial charge in [-0.3, -0.25) is 0 Å². The summed E-state index contributed by atoms with van der Waals surface area (Å²) in [6.45, 7) is 4.32. The van der Waals surface area contributed by atoms with Crippen LogP contribution in [0.4, 0.5) is 15.9 Å². The maximum atomic E-state index is 14.7. The molecule has 0 spiro atoms. The Kier molecular flexibility index (Phi) is 9.60. The van der Waals surface area contributed by atoms with Gasteiger partial charge >= 0.3 is 0 Å². The van der Waals surface area contributed by atoms with Crippen molar-refractivity contribution in [3.8, 4) is 17.2 Å². The number of nitrogens with zero attached hydrogens (tertiary/aromatic N) is 2. The summed E-state index contributed by atoms with van der Waals surface area (Å²) in [5.41, 5.74) is 1.38. The Labute approximate surface area is 224 Å². The predicted octanol–water partition coefficient (Wildman–Crippen LogP) is 5.62. The van der Waals surface area contributed by atoms with E-state index in [2.05, 4.69) is 33.9 Å². The van der Waals surface area contributed by atoms with Crippen LogP contribution < -0.4 is 16.0 Å². The van der Waals surface area contributed by atoms with Gasteiger partial charge in [-0.05, 0) is 69.2 Å². The fraction of sp³-hybridized carbons (Fsp3) is 0.571. The fourth-order valence-corrected chi connectivity index (χ4v) is 5.45. The molecule has 0 amide bonds. The van der Waals surface area contributed by atoms with Crippen molar-refractivity contribution in [3.63, 3.8) is 0 Å². The average Bonchev–Trinajstić information content (AvgIpc) is 2.91. The van der Waals surface area contributed by atoms with Crippen molar-refractivity contribution in [2.24, 2.45) is 5.41 Å². The largest absolute Gasteiger partial charge is 0.383 e. The number of methoxy groups -OCH3 is 1. The van der Waals surface area contributed by atoms with Crippen molar-refractivity contribution in [2.45, 2.75) is 63.6 Å². The van der Waals surface area contributed by atoms with E-state index in [4.69, 9.17) is 21.1 Å². The van der Waals surface area contributed by atoms with Crippen molar-refractivity contribution in [3.05, 3.63) is 41.3 Å². The lowest BCUT2D eigenvalue weighted by molar-refractivity contribution is 0.0456. The average molecular weight is 530 g/mol. The van der Waals surface area contributed by atoms with Gasteiger partial charge in [0.1, 0.15) is 11.6 Å². The Balaban J connectivity index is 1.41. The molecule has 37 heavy (non-hydrogen) atoms. The van der Waals surface area contributed by atoms with Crippen LogP contribution in [0.3, 0.4) is 0 Å². The molecule has 2 heterocycles. The quantitative estimate of drug-likeness (QED) is 0.368. The molecule has 1 aromatic heterocycles. The zero-order valence-electron chi connectivity index (χ0n) is 21.7. The number of nitriles is 1. The number of anilines is 2. The lowest BCUT2D eigenvalue weighted by atomic mass is 9.81. The van der Waals surface area contributed by atoms with Crippen molar-refractivity contribution in [2.75, 3.05) is 44.1 Å². The van der Waals surface area contributed by atoms with Crippen LogP contribution in [0.15, 0.2) is 30.5 Å². The zero-order valence-corrected chi connectivity index (χ0v) is 22.4. The molecule has 1 atom stereocenters. The summed E-state index contributed by atoms with van der Waals surface area (Å²) >= 11 is 6.52. The molecule has 1 aliphatic carbocycles. The van der Waals surface area contributed by atoms with Crippen molar-refractivity contribution in [1.29, 1.82) is 5.26 Å². The molecule has 7 nitrogen and oxygen atoms in total. The number of ether oxygens (including phenoxy) is 2. The summed E-state index contributed by atoms with van der Waals surface area (Å²) in [5.74, 6) is 0.394. The first-order valence-corrected chi connectivity index (χ1v) is 13.5. The summed E-state index contributed by atoms with van der Waals surface area (Å²) < 4.78 is 25.3. The van der Waals surface area contributed by atoms with Gasteiger partial charge in [0, 0.05) is 56.8 Å². The van der Waals surface area contributed by atoms with E-state index in [0.717, 1.165) is 42.6 Å². The molecule has 3 N–H and O–H groups in total. The fourth-order valence-electron chi connectivity index (χ4n) is 5.24. The molecule has 0 radical (unpaired) electrons. The van der Waals surface area contributed by atoms with E-state index in [1.807, 2.05) is 6.07 Å². The maximum absolute atomic E-state index is 14.7. The van der Waals surface area contributed by atoms with Crippen LogP contribution in [-0.4, -0.2) is 56.6 Å². The van der Waals surface area contributed by atoms with Crippen molar-refractivity contribution < 1.29 is 13.9 Å². The zero-order chi connectivity index (χ0) is 26.3. The van der Waals surface area contributed by atoms with Gasteiger partial charge in [0.25, 0.3) is 0 Å². The van der Waals surface area contributed by atoms with E-state index in [9.17, 15) is 9.65 Å². The Morgan fingerprint density at radius 1 is 1.22 bits per heavy atom. The van der Waals surface area contributed by atoms with Gasteiger partial charge in [-0.15, -0.1) is 0 Å². The lowest BCUT2D eigenvalue weighted by Gasteiger charge is -2.32. The first-order chi connectivity index (χ1) is 17.9. The van der Waals surface area contributed by atoms with Crippen LogP contribution in [0.25, 0.3) is 11.1 Å². The number of hydrogen-bond donors (Lipinski definition) is 3. The molecular weight excluding hydrogens is 493 g/mol. The minimum Gasteiger partial charge on any atom is -0.383 e. The van der Waals surface area contributed by atoms with Gasteiger partial charge in [-0.25, -0.2) is 9.37 Å². The highest BCUT2D eigenvalue weighted by atomic mass is 35.5. The third-order valence-corrected chi connectivity index (χ3v) is 7.75. The highest BCUT2D eigenvalue weighted by molar-refractivity contribution is 6.33.